The molecule has 128 valence electrons. The minimum Gasteiger partial charge on any atom is -0.366 e. The number of benzene rings is 1. The van der Waals surface area contributed by atoms with Gasteiger partial charge in [0.15, 0.2) is 0 Å². The Morgan fingerprint density at radius 3 is 2.68 bits per heavy atom. The predicted molar refractivity (Wildman–Crippen MR) is 94.0 cm³/mol. The van der Waals surface area contributed by atoms with Gasteiger partial charge in [0.25, 0.3) is 5.91 Å². The summed E-state index contributed by atoms with van der Waals surface area (Å²) >= 11 is 0. The molecule has 5 heteroatoms. The normalized spacial score (nSPS) is 25.0. The average molecular weight is 335 g/mol. The molecule has 4 rings (SSSR count). The highest BCUT2D eigenvalue weighted by Crippen LogP contribution is 2.49. The highest BCUT2D eigenvalue weighted by atomic mass is 16.2. The molecular weight excluding hydrogens is 314 g/mol. The van der Waals surface area contributed by atoms with Crippen molar-refractivity contribution in [3.8, 4) is 0 Å². The number of carbonyl (C=O) groups is 2. The number of rotatable bonds is 4. The lowest BCUT2D eigenvalue weighted by atomic mass is 9.99. The maximum atomic E-state index is 12.8. The summed E-state index contributed by atoms with van der Waals surface area (Å²) in [7, 11) is 0. The summed E-state index contributed by atoms with van der Waals surface area (Å²) in [5.74, 6) is 0.304. The third-order valence-corrected chi connectivity index (χ3v) is 5.33. The average Bonchev–Trinajstić information content (AvgIpc) is 3.30. The van der Waals surface area contributed by atoms with Crippen LogP contribution in [0.2, 0.25) is 0 Å². The zero-order valence-electron chi connectivity index (χ0n) is 14.0. The van der Waals surface area contributed by atoms with Gasteiger partial charge in [-0.2, -0.15) is 0 Å². The molecule has 1 saturated carbocycles. The third kappa shape index (κ3) is 3.02. The van der Waals surface area contributed by atoms with Crippen LogP contribution in [-0.2, 0) is 4.79 Å². The van der Waals surface area contributed by atoms with Crippen LogP contribution in [0.3, 0.4) is 0 Å². The molecule has 2 N–H and O–H groups in total. The number of aromatic nitrogens is 1. The van der Waals surface area contributed by atoms with Gasteiger partial charge < -0.3 is 10.6 Å². The molecule has 2 heterocycles. The lowest BCUT2D eigenvalue weighted by Gasteiger charge is -2.17. The number of hydrogen-bond acceptors (Lipinski definition) is 3. The molecule has 5 nitrogen and oxygen atoms in total. The second-order valence-electron chi connectivity index (χ2n) is 6.93. The Bertz CT molecular complexity index is 806. The van der Waals surface area contributed by atoms with E-state index in [1.54, 1.807) is 18.3 Å². The summed E-state index contributed by atoms with van der Waals surface area (Å²) in [5, 5.41) is 0. The maximum absolute atomic E-state index is 12.8. The standard InChI is InChI=1S/C20H21N3O2/c21-19(24)15-7-4-9-22-18(15)14-8-10-23(12-14)20(25)17-11-16(17)13-5-2-1-3-6-13/h1-7,9,14,16-17H,8,10-12H2,(H2,21,24)/t14-,16+,17-/m1/s1. The number of pyridine rings is 1. The van der Waals surface area contributed by atoms with Gasteiger partial charge in [0.1, 0.15) is 0 Å². The van der Waals surface area contributed by atoms with Crippen molar-refractivity contribution in [3.05, 3.63) is 65.5 Å². The number of hydrogen-bond donors (Lipinski definition) is 1. The first-order valence-corrected chi connectivity index (χ1v) is 8.73. The zero-order valence-corrected chi connectivity index (χ0v) is 14.0. The van der Waals surface area contributed by atoms with E-state index >= 15 is 0 Å². The number of primary amides is 1. The van der Waals surface area contributed by atoms with Crippen LogP contribution in [0, 0.1) is 5.92 Å². The summed E-state index contributed by atoms with van der Waals surface area (Å²) in [6.45, 7) is 1.34. The molecule has 0 spiro atoms. The minimum absolute atomic E-state index is 0.0848. The fraction of sp³-hybridized carbons (Fsp3) is 0.350. The van der Waals surface area contributed by atoms with Crippen molar-refractivity contribution < 1.29 is 9.59 Å². The molecule has 1 aromatic carbocycles. The first-order chi connectivity index (χ1) is 12.1. The van der Waals surface area contributed by atoms with E-state index in [9.17, 15) is 9.59 Å². The molecule has 1 saturated heterocycles. The molecular formula is C20H21N3O2. The van der Waals surface area contributed by atoms with Gasteiger partial charge in [0.05, 0.1) is 11.3 Å². The Morgan fingerprint density at radius 1 is 1.12 bits per heavy atom. The van der Waals surface area contributed by atoms with Gasteiger partial charge in [-0.25, -0.2) is 0 Å². The Morgan fingerprint density at radius 2 is 1.92 bits per heavy atom. The van der Waals surface area contributed by atoms with Crippen LogP contribution in [-0.4, -0.2) is 34.8 Å². The van der Waals surface area contributed by atoms with Crippen LogP contribution in [0.25, 0.3) is 0 Å². The van der Waals surface area contributed by atoms with Gasteiger partial charge in [-0.15, -0.1) is 0 Å². The summed E-state index contributed by atoms with van der Waals surface area (Å²) in [6.07, 6.45) is 3.43. The van der Waals surface area contributed by atoms with E-state index in [4.69, 9.17) is 5.73 Å². The number of carbonyl (C=O) groups excluding carboxylic acids is 2. The zero-order chi connectivity index (χ0) is 17.4. The van der Waals surface area contributed by atoms with Crippen molar-refractivity contribution in [2.45, 2.75) is 24.7 Å². The third-order valence-electron chi connectivity index (χ3n) is 5.33. The molecule has 2 aromatic rings. The maximum Gasteiger partial charge on any atom is 0.250 e. The Balaban J connectivity index is 1.44. The molecule has 25 heavy (non-hydrogen) atoms. The lowest BCUT2D eigenvalue weighted by molar-refractivity contribution is -0.131. The molecule has 2 amide bonds. The number of likely N-dealkylation sites (tertiary alicyclic amines) is 1. The molecule has 1 aliphatic carbocycles. The van der Waals surface area contributed by atoms with E-state index in [2.05, 4.69) is 17.1 Å². The van der Waals surface area contributed by atoms with Crippen molar-refractivity contribution in [3.63, 3.8) is 0 Å². The highest BCUT2D eigenvalue weighted by molar-refractivity contribution is 5.94. The fourth-order valence-corrected chi connectivity index (χ4v) is 3.91. The van der Waals surface area contributed by atoms with Crippen LogP contribution in [0.5, 0.6) is 0 Å². The van der Waals surface area contributed by atoms with Crippen molar-refractivity contribution in [1.82, 2.24) is 9.88 Å². The molecule has 0 radical (unpaired) electrons. The van der Waals surface area contributed by atoms with Crippen LogP contribution < -0.4 is 5.73 Å². The number of nitrogens with zero attached hydrogens (tertiary/aromatic N) is 2. The Hall–Kier alpha value is -2.69. The largest absolute Gasteiger partial charge is 0.366 e. The second kappa shape index (κ2) is 6.31. The minimum atomic E-state index is -0.459. The van der Waals surface area contributed by atoms with Gasteiger partial charge in [-0.05, 0) is 36.5 Å². The first-order valence-electron chi connectivity index (χ1n) is 8.73. The van der Waals surface area contributed by atoms with Gasteiger partial charge in [0.2, 0.25) is 5.91 Å². The van der Waals surface area contributed by atoms with Crippen molar-refractivity contribution >= 4 is 11.8 Å². The smallest absolute Gasteiger partial charge is 0.250 e. The lowest BCUT2D eigenvalue weighted by Crippen LogP contribution is -2.30. The topological polar surface area (TPSA) is 76.3 Å². The van der Waals surface area contributed by atoms with E-state index < -0.39 is 5.91 Å². The van der Waals surface area contributed by atoms with Crippen LogP contribution in [0.4, 0.5) is 0 Å². The second-order valence-corrected chi connectivity index (χ2v) is 6.93. The number of nitrogens with two attached hydrogens (primary N) is 1. The molecule has 1 aliphatic heterocycles. The SMILES string of the molecule is NC(=O)c1cccnc1[C@@H]1CCN(C(=O)[C@@H]2C[C@H]2c2ccccc2)C1. The van der Waals surface area contributed by atoms with Crippen LogP contribution in [0.15, 0.2) is 48.7 Å². The molecule has 1 aromatic heterocycles. The van der Waals surface area contributed by atoms with Gasteiger partial charge in [-0.1, -0.05) is 30.3 Å². The summed E-state index contributed by atoms with van der Waals surface area (Å²) in [6, 6.07) is 13.7. The summed E-state index contributed by atoms with van der Waals surface area (Å²) in [4.78, 5) is 30.7. The molecule has 2 aliphatic rings. The van der Waals surface area contributed by atoms with Gasteiger partial charge in [-0.3, -0.25) is 14.6 Å². The van der Waals surface area contributed by atoms with Crippen molar-refractivity contribution in [2.24, 2.45) is 11.7 Å². The first kappa shape index (κ1) is 15.8. The van der Waals surface area contributed by atoms with E-state index in [1.165, 1.54) is 5.56 Å². The molecule has 2 fully saturated rings. The van der Waals surface area contributed by atoms with E-state index in [1.807, 2.05) is 23.1 Å². The molecule has 3 atom stereocenters. The monoisotopic (exact) mass is 335 g/mol. The Labute approximate surface area is 146 Å². The van der Waals surface area contributed by atoms with E-state index in [0.717, 1.165) is 25.1 Å². The summed E-state index contributed by atoms with van der Waals surface area (Å²) in [5.41, 5.74) is 7.90. The van der Waals surface area contributed by atoms with Gasteiger partial charge >= 0.3 is 0 Å². The predicted octanol–water partition coefficient (Wildman–Crippen LogP) is 2.30. The van der Waals surface area contributed by atoms with E-state index in [-0.39, 0.29) is 17.7 Å². The quantitative estimate of drug-likeness (QED) is 0.931. The van der Waals surface area contributed by atoms with Gasteiger partial charge in [0, 0.05) is 31.1 Å². The van der Waals surface area contributed by atoms with Crippen LogP contribution >= 0.6 is 0 Å². The molecule has 0 bridgehead atoms. The Kier molecular flexibility index (Phi) is 3.99. The highest BCUT2D eigenvalue weighted by Gasteiger charge is 2.47. The summed E-state index contributed by atoms with van der Waals surface area (Å²) < 4.78 is 0. The van der Waals surface area contributed by atoms with E-state index in [0.29, 0.717) is 18.0 Å². The fourth-order valence-electron chi connectivity index (χ4n) is 3.91. The molecule has 0 unspecified atom stereocenters. The van der Waals surface area contributed by atoms with Crippen molar-refractivity contribution in [2.75, 3.05) is 13.1 Å². The number of amides is 2. The van der Waals surface area contributed by atoms with Crippen molar-refractivity contribution in [1.29, 1.82) is 0 Å². The van der Waals surface area contributed by atoms with Crippen LogP contribution in [0.1, 0.15) is 46.3 Å².